The molecule has 0 saturated heterocycles. The van der Waals surface area contributed by atoms with Gasteiger partial charge >= 0.3 is 18.0 Å². The number of nitrogens with zero attached hydrogens (tertiary/aromatic N) is 1. The minimum atomic E-state index is -1.66. The number of para-hydroxylation sites is 2. The average Bonchev–Trinajstić information content (AvgIpc) is 3.42. The number of esters is 2. The van der Waals surface area contributed by atoms with E-state index in [2.05, 4.69) is 5.32 Å². The molecule has 1 heterocycles. The van der Waals surface area contributed by atoms with Crippen molar-refractivity contribution in [3.8, 4) is 0 Å². The molecule has 186 valence electrons. The van der Waals surface area contributed by atoms with Crippen LogP contribution in [0.3, 0.4) is 0 Å². The van der Waals surface area contributed by atoms with E-state index in [1.165, 1.54) is 20.3 Å². The zero-order valence-electron chi connectivity index (χ0n) is 20.2. The van der Waals surface area contributed by atoms with Crippen molar-refractivity contribution in [3.05, 3.63) is 108 Å². The van der Waals surface area contributed by atoms with Gasteiger partial charge in [-0.2, -0.15) is 0 Å². The van der Waals surface area contributed by atoms with Crippen molar-refractivity contribution < 1.29 is 28.7 Å². The van der Waals surface area contributed by atoms with Crippen molar-refractivity contribution in [2.75, 3.05) is 24.4 Å². The number of hydrogen-bond acceptors (Lipinski definition) is 6. The van der Waals surface area contributed by atoms with E-state index in [9.17, 15) is 19.2 Å². The molecule has 2 aliphatic rings. The molecule has 0 bridgehead atoms. The summed E-state index contributed by atoms with van der Waals surface area (Å²) in [4.78, 5) is 55.3. The second kappa shape index (κ2) is 9.39. The number of amides is 3. The van der Waals surface area contributed by atoms with E-state index >= 15 is 0 Å². The maximum atomic E-state index is 14.3. The number of nitrogens with one attached hydrogen (secondary N) is 1. The lowest BCUT2D eigenvalue weighted by Crippen LogP contribution is -2.49. The molecule has 3 aromatic carbocycles. The first-order valence-corrected chi connectivity index (χ1v) is 11.7. The number of methoxy groups -OCH3 is 2. The zero-order valence-corrected chi connectivity index (χ0v) is 20.2. The minimum Gasteiger partial charge on any atom is -0.469 e. The van der Waals surface area contributed by atoms with Crippen LogP contribution in [-0.4, -0.2) is 38.1 Å². The lowest BCUT2D eigenvalue weighted by molar-refractivity contribution is -0.150. The number of hydrogen-bond donors (Lipinski definition) is 1. The highest BCUT2D eigenvalue weighted by Crippen LogP contribution is 2.58. The van der Waals surface area contributed by atoms with Crippen molar-refractivity contribution in [2.45, 2.75) is 11.3 Å². The fourth-order valence-electron chi connectivity index (χ4n) is 5.42. The van der Waals surface area contributed by atoms with Gasteiger partial charge in [0.25, 0.3) is 5.91 Å². The Morgan fingerprint density at radius 2 is 1.46 bits per heavy atom. The Morgan fingerprint density at radius 1 is 0.838 bits per heavy atom. The molecule has 1 spiro atoms. The first kappa shape index (κ1) is 24.0. The third kappa shape index (κ3) is 3.69. The van der Waals surface area contributed by atoms with Gasteiger partial charge in [-0.05, 0) is 29.3 Å². The summed E-state index contributed by atoms with van der Waals surface area (Å²) in [6, 6.07) is 23.8. The van der Waals surface area contributed by atoms with Gasteiger partial charge in [-0.25, -0.2) is 14.5 Å². The predicted octanol–water partition coefficient (Wildman–Crippen LogP) is 4.19. The molecule has 0 aromatic heterocycles. The van der Waals surface area contributed by atoms with Crippen molar-refractivity contribution >= 4 is 35.3 Å². The molecule has 0 radical (unpaired) electrons. The number of ether oxygens (including phenoxy) is 2. The molecule has 8 nitrogen and oxygen atoms in total. The number of urea groups is 1. The summed E-state index contributed by atoms with van der Waals surface area (Å²) >= 11 is 0. The molecule has 0 saturated carbocycles. The third-order valence-electron chi connectivity index (χ3n) is 6.95. The Balaban J connectivity index is 1.71. The summed E-state index contributed by atoms with van der Waals surface area (Å²) in [5.74, 6) is -4.00. The van der Waals surface area contributed by atoms with Gasteiger partial charge in [0.05, 0.1) is 25.8 Å². The fraction of sp³-hybridized carbons (Fsp3) is 0.172. The molecule has 3 aromatic rings. The topological polar surface area (TPSA) is 102 Å². The quantitative estimate of drug-likeness (QED) is 0.544. The van der Waals surface area contributed by atoms with Crippen LogP contribution in [0.5, 0.6) is 0 Å². The van der Waals surface area contributed by atoms with Crippen LogP contribution in [0.4, 0.5) is 16.2 Å². The molecule has 5 rings (SSSR count). The van der Waals surface area contributed by atoms with Crippen molar-refractivity contribution in [1.29, 1.82) is 0 Å². The molecular weight excluding hydrogens is 472 g/mol. The van der Waals surface area contributed by atoms with Gasteiger partial charge in [0.1, 0.15) is 5.41 Å². The SMILES string of the molecule is COC(=O)C1=C[C@]2(C(=O)N(C(=O)Nc3ccccc3)c3ccccc32)[C@@H](C(=O)OC)[C@@H]1c1ccccc1. The summed E-state index contributed by atoms with van der Waals surface area (Å²) in [5, 5.41) is 2.75. The van der Waals surface area contributed by atoms with Gasteiger partial charge in [-0.3, -0.25) is 9.59 Å². The summed E-state index contributed by atoms with van der Waals surface area (Å²) in [7, 11) is 2.48. The molecule has 3 atom stereocenters. The molecule has 8 heteroatoms. The van der Waals surface area contributed by atoms with E-state index < -0.39 is 41.1 Å². The molecule has 3 amide bonds. The summed E-state index contributed by atoms with van der Waals surface area (Å²) in [6.07, 6.45) is 1.48. The highest BCUT2D eigenvalue weighted by Gasteiger charge is 2.65. The molecule has 0 fully saturated rings. The van der Waals surface area contributed by atoms with Gasteiger partial charge in [0, 0.05) is 17.2 Å². The Morgan fingerprint density at radius 3 is 2.11 bits per heavy atom. The highest BCUT2D eigenvalue weighted by molar-refractivity contribution is 6.27. The summed E-state index contributed by atoms with van der Waals surface area (Å²) < 4.78 is 10.3. The van der Waals surface area contributed by atoms with E-state index in [-0.39, 0.29) is 5.57 Å². The van der Waals surface area contributed by atoms with E-state index in [1.807, 2.05) is 12.1 Å². The Labute approximate surface area is 213 Å². The monoisotopic (exact) mass is 496 g/mol. The second-order valence-electron chi connectivity index (χ2n) is 8.80. The van der Waals surface area contributed by atoms with Gasteiger partial charge in [0.15, 0.2) is 0 Å². The first-order chi connectivity index (χ1) is 17.9. The molecule has 1 aliphatic heterocycles. The van der Waals surface area contributed by atoms with E-state index in [0.717, 1.165) is 4.90 Å². The molecular formula is C29H24N2O6. The number of rotatable bonds is 4. The van der Waals surface area contributed by atoms with Crippen molar-refractivity contribution in [1.82, 2.24) is 0 Å². The maximum absolute atomic E-state index is 14.3. The zero-order chi connectivity index (χ0) is 26.2. The highest BCUT2D eigenvalue weighted by atomic mass is 16.5. The van der Waals surface area contributed by atoms with Crippen LogP contribution in [0.1, 0.15) is 17.0 Å². The number of benzene rings is 3. The standard InChI is InChI=1S/C29H24N2O6/c1-36-25(32)20-17-29(24(26(33)37-2)23(20)18-11-5-3-6-12-18)21-15-9-10-16-22(21)31(27(29)34)28(35)30-19-13-7-4-8-14-19/h3-17,23-24H,1-2H3,(H,30,35)/t23-,24-,29-/m1/s1. The summed E-state index contributed by atoms with van der Waals surface area (Å²) in [5.41, 5.74) is 0.383. The van der Waals surface area contributed by atoms with Crippen LogP contribution in [0, 0.1) is 5.92 Å². The number of fused-ring (bicyclic) bond motifs is 2. The van der Waals surface area contributed by atoms with Crippen molar-refractivity contribution in [3.63, 3.8) is 0 Å². The first-order valence-electron chi connectivity index (χ1n) is 11.7. The van der Waals surface area contributed by atoms with Crippen LogP contribution in [-0.2, 0) is 29.3 Å². The average molecular weight is 497 g/mol. The predicted molar refractivity (Wildman–Crippen MR) is 136 cm³/mol. The van der Waals surface area contributed by atoms with Crippen LogP contribution >= 0.6 is 0 Å². The smallest absolute Gasteiger partial charge is 0.334 e. The van der Waals surface area contributed by atoms with Gasteiger partial charge < -0.3 is 14.8 Å². The lowest BCUT2D eigenvalue weighted by atomic mass is 9.69. The van der Waals surface area contributed by atoms with Gasteiger partial charge in [-0.15, -0.1) is 0 Å². The second-order valence-corrected chi connectivity index (χ2v) is 8.80. The Hall–Kier alpha value is -4.72. The van der Waals surface area contributed by atoms with Crippen LogP contribution in [0.2, 0.25) is 0 Å². The van der Waals surface area contributed by atoms with E-state index in [4.69, 9.17) is 9.47 Å². The van der Waals surface area contributed by atoms with E-state index in [0.29, 0.717) is 22.5 Å². The molecule has 1 N–H and O–H groups in total. The number of imide groups is 1. The van der Waals surface area contributed by atoms with Crippen molar-refractivity contribution in [2.24, 2.45) is 5.92 Å². The molecule has 37 heavy (non-hydrogen) atoms. The number of carbonyl (C=O) groups excluding carboxylic acids is 4. The van der Waals surface area contributed by atoms with Gasteiger partial charge in [-0.1, -0.05) is 72.8 Å². The van der Waals surface area contributed by atoms with Crippen LogP contribution < -0.4 is 10.2 Å². The third-order valence-corrected chi connectivity index (χ3v) is 6.95. The summed E-state index contributed by atoms with van der Waals surface area (Å²) in [6.45, 7) is 0. The van der Waals surface area contributed by atoms with Crippen LogP contribution in [0.15, 0.2) is 96.6 Å². The van der Waals surface area contributed by atoms with E-state index in [1.54, 1.807) is 72.8 Å². The molecule has 0 unspecified atom stereocenters. The lowest BCUT2D eigenvalue weighted by Gasteiger charge is -2.31. The number of carbonyl (C=O) groups is 4. The Bertz CT molecular complexity index is 1420. The fourth-order valence-corrected chi connectivity index (χ4v) is 5.42. The van der Waals surface area contributed by atoms with Gasteiger partial charge in [0.2, 0.25) is 0 Å². The maximum Gasteiger partial charge on any atom is 0.334 e. The molecule has 1 aliphatic carbocycles. The normalized spacial score (nSPS) is 21.8. The van der Waals surface area contributed by atoms with Crippen LogP contribution in [0.25, 0.3) is 0 Å². The minimum absolute atomic E-state index is 0.151. The Kier molecular flexibility index (Phi) is 6.09. The number of anilines is 2. The largest absolute Gasteiger partial charge is 0.469 e.